The third kappa shape index (κ3) is 2.90. The lowest BCUT2D eigenvalue weighted by Gasteiger charge is -2.24. The Balaban J connectivity index is 2.35. The average Bonchev–Trinajstić information content (AvgIpc) is 2.53. The standard InChI is InChI=1S/C16H22O4/c1-18-13-9-12(10-14(19-2)16(13)20-3)15(17)11-7-5-4-6-8-11/h5,7,9-11,15,17H,4,6,8H2,1-3H3. The van der Waals surface area contributed by atoms with Gasteiger partial charge in [0.1, 0.15) is 0 Å². The molecule has 1 aromatic carbocycles. The molecule has 0 bridgehead atoms. The molecule has 1 aromatic rings. The molecule has 1 aliphatic carbocycles. The molecule has 2 atom stereocenters. The van der Waals surface area contributed by atoms with Crippen LogP contribution in [-0.4, -0.2) is 26.4 Å². The van der Waals surface area contributed by atoms with E-state index >= 15 is 0 Å². The summed E-state index contributed by atoms with van der Waals surface area (Å²) in [6.45, 7) is 0. The van der Waals surface area contributed by atoms with E-state index in [2.05, 4.69) is 12.2 Å². The van der Waals surface area contributed by atoms with Crippen LogP contribution >= 0.6 is 0 Å². The van der Waals surface area contributed by atoms with Gasteiger partial charge in [-0.05, 0) is 37.0 Å². The maximum absolute atomic E-state index is 10.5. The summed E-state index contributed by atoms with van der Waals surface area (Å²) >= 11 is 0. The molecule has 2 rings (SSSR count). The van der Waals surface area contributed by atoms with Gasteiger partial charge in [-0.2, -0.15) is 0 Å². The lowest BCUT2D eigenvalue weighted by atomic mass is 9.87. The van der Waals surface area contributed by atoms with Gasteiger partial charge in [0.25, 0.3) is 0 Å². The van der Waals surface area contributed by atoms with E-state index in [0.717, 1.165) is 24.8 Å². The van der Waals surface area contributed by atoms with Crippen molar-refractivity contribution < 1.29 is 19.3 Å². The van der Waals surface area contributed by atoms with Crippen molar-refractivity contribution in [1.29, 1.82) is 0 Å². The maximum Gasteiger partial charge on any atom is 0.203 e. The molecule has 0 spiro atoms. The molecule has 0 amide bonds. The largest absolute Gasteiger partial charge is 0.493 e. The highest BCUT2D eigenvalue weighted by Gasteiger charge is 2.23. The van der Waals surface area contributed by atoms with Crippen LogP contribution in [0, 0.1) is 5.92 Å². The van der Waals surface area contributed by atoms with Crippen LogP contribution in [-0.2, 0) is 0 Å². The topological polar surface area (TPSA) is 47.9 Å². The Morgan fingerprint density at radius 3 is 2.20 bits per heavy atom. The molecule has 1 N–H and O–H groups in total. The number of aliphatic hydroxyl groups excluding tert-OH is 1. The molecule has 0 radical (unpaired) electrons. The molecule has 4 nitrogen and oxygen atoms in total. The van der Waals surface area contributed by atoms with Crippen LogP contribution in [0.15, 0.2) is 24.3 Å². The third-order valence-electron chi connectivity index (χ3n) is 3.73. The molecule has 0 heterocycles. The molecule has 0 aromatic heterocycles. The monoisotopic (exact) mass is 278 g/mol. The van der Waals surface area contributed by atoms with Crippen molar-refractivity contribution in [2.75, 3.05) is 21.3 Å². The first-order chi connectivity index (χ1) is 9.71. The summed E-state index contributed by atoms with van der Waals surface area (Å²) in [6, 6.07) is 3.63. The van der Waals surface area contributed by atoms with Crippen LogP contribution in [0.25, 0.3) is 0 Å². The molecule has 0 saturated carbocycles. The molecular weight excluding hydrogens is 256 g/mol. The first-order valence-corrected chi connectivity index (χ1v) is 6.86. The number of ether oxygens (including phenoxy) is 3. The summed E-state index contributed by atoms with van der Waals surface area (Å²) in [5.74, 6) is 1.83. The summed E-state index contributed by atoms with van der Waals surface area (Å²) in [7, 11) is 4.72. The normalized spacial score (nSPS) is 19.5. The Kier molecular flexibility index (Phi) is 4.90. The Bertz CT molecular complexity index is 456. The van der Waals surface area contributed by atoms with E-state index in [0.29, 0.717) is 17.2 Å². The van der Waals surface area contributed by atoms with Crippen LogP contribution in [0.4, 0.5) is 0 Å². The minimum Gasteiger partial charge on any atom is -0.493 e. The van der Waals surface area contributed by atoms with E-state index in [9.17, 15) is 5.11 Å². The maximum atomic E-state index is 10.5. The first-order valence-electron chi connectivity index (χ1n) is 6.86. The Morgan fingerprint density at radius 2 is 1.75 bits per heavy atom. The number of rotatable bonds is 5. The molecule has 20 heavy (non-hydrogen) atoms. The predicted octanol–water partition coefficient (Wildman–Crippen LogP) is 3.10. The van der Waals surface area contributed by atoms with E-state index in [1.807, 2.05) is 12.1 Å². The molecule has 1 aliphatic rings. The van der Waals surface area contributed by atoms with Gasteiger partial charge in [-0.15, -0.1) is 0 Å². The number of hydrogen-bond donors (Lipinski definition) is 1. The minimum atomic E-state index is -0.555. The average molecular weight is 278 g/mol. The molecule has 0 saturated heterocycles. The quantitative estimate of drug-likeness (QED) is 0.841. The number of benzene rings is 1. The van der Waals surface area contributed by atoms with Crippen LogP contribution in [0.2, 0.25) is 0 Å². The summed E-state index contributed by atoms with van der Waals surface area (Å²) in [5, 5.41) is 10.5. The SMILES string of the molecule is COc1cc(C(O)C2C=CCCC2)cc(OC)c1OC. The van der Waals surface area contributed by atoms with Crippen LogP contribution in [0.3, 0.4) is 0 Å². The van der Waals surface area contributed by atoms with Gasteiger partial charge in [0.2, 0.25) is 5.75 Å². The molecule has 0 fully saturated rings. The van der Waals surface area contributed by atoms with E-state index < -0.39 is 6.10 Å². The highest BCUT2D eigenvalue weighted by molar-refractivity contribution is 5.54. The van der Waals surface area contributed by atoms with Gasteiger partial charge in [0.15, 0.2) is 11.5 Å². The van der Waals surface area contributed by atoms with Gasteiger partial charge in [-0.3, -0.25) is 0 Å². The van der Waals surface area contributed by atoms with Crippen molar-refractivity contribution in [3.8, 4) is 17.2 Å². The fraction of sp³-hybridized carbons (Fsp3) is 0.500. The highest BCUT2D eigenvalue weighted by atomic mass is 16.5. The van der Waals surface area contributed by atoms with E-state index in [1.165, 1.54) is 0 Å². The van der Waals surface area contributed by atoms with Crippen LogP contribution in [0.1, 0.15) is 30.9 Å². The highest BCUT2D eigenvalue weighted by Crippen LogP contribution is 2.41. The molecule has 2 unspecified atom stereocenters. The van der Waals surface area contributed by atoms with Crippen LogP contribution in [0.5, 0.6) is 17.2 Å². The van der Waals surface area contributed by atoms with Crippen molar-refractivity contribution in [1.82, 2.24) is 0 Å². The fourth-order valence-corrected chi connectivity index (χ4v) is 2.62. The second-order valence-electron chi connectivity index (χ2n) is 4.93. The van der Waals surface area contributed by atoms with Crippen molar-refractivity contribution in [3.63, 3.8) is 0 Å². The second kappa shape index (κ2) is 6.66. The predicted molar refractivity (Wildman–Crippen MR) is 77.5 cm³/mol. The summed E-state index contributed by atoms with van der Waals surface area (Å²) < 4.78 is 15.9. The lowest BCUT2D eigenvalue weighted by Crippen LogP contribution is -2.13. The van der Waals surface area contributed by atoms with Gasteiger partial charge < -0.3 is 19.3 Å². The zero-order chi connectivity index (χ0) is 14.5. The summed E-state index contributed by atoms with van der Waals surface area (Å²) in [5.41, 5.74) is 0.788. The van der Waals surface area contributed by atoms with E-state index in [4.69, 9.17) is 14.2 Å². The minimum absolute atomic E-state index is 0.145. The number of allylic oxidation sites excluding steroid dienone is 1. The van der Waals surface area contributed by atoms with Gasteiger partial charge in [0, 0.05) is 5.92 Å². The molecule has 0 aliphatic heterocycles. The summed E-state index contributed by atoms with van der Waals surface area (Å²) in [6.07, 6.45) is 6.88. The summed E-state index contributed by atoms with van der Waals surface area (Å²) in [4.78, 5) is 0. The lowest BCUT2D eigenvalue weighted by molar-refractivity contribution is 0.123. The van der Waals surface area contributed by atoms with Gasteiger partial charge in [0.05, 0.1) is 27.4 Å². The van der Waals surface area contributed by atoms with Crippen molar-refractivity contribution in [3.05, 3.63) is 29.8 Å². The van der Waals surface area contributed by atoms with Crippen molar-refractivity contribution in [2.45, 2.75) is 25.4 Å². The van der Waals surface area contributed by atoms with Crippen molar-refractivity contribution in [2.24, 2.45) is 5.92 Å². The number of hydrogen-bond acceptors (Lipinski definition) is 4. The van der Waals surface area contributed by atoms with E-state index in [-0.39, 0.29) is 5.92 Å². The van der Waals surface area contributed by atoms with Crippen LogP contribution < -0.4 is 14.2 Å². The smallest absolute Gasteiger partial charge is 0.203 e. The van der Waals surface area contributed by atoms with Crippen molar-refractivity contribution >= 4 is 0 Å². The molecular formula is C16H22O4. The zero-order valence-electron chi connectivity index (χ0n) is 12.3. The number of aliphatic hydroxyl groups is 1. The zero-order valence-corrected chi connectivity index (χ0v) is 12.3. The Labute approximate surface area is 120 Å². The van der Waals surface area contributed by atoms with Gasteiger partial charge in [-0.25, -0.2) is 0 Å². The molecule has 4 heteroatoms. The first kappa shape index (κ1) is 14.7. The molecule has 110 valence electrons. The van der Waals surface area contributed by atoms with Gasteiger partial charge in [-0.1, -0.05) is 12.2 Å². The third-order valence-corrected chi connectivity index (χ3v) is 3.73. The Morgan fingerprint density at radius 1 is 1.10 bits per heavy atom. The fourth-order valence-electron chi connectivity index (χ4n) is 2.62. The Hall–Kier alpha value is -1.68. The second-order valence-corrected chi connectivity index (χ2v) is 4.93. The van der Waals surface area contributed by atoms with Gasteiger partial charge >= 0.3 is 0 Å². The van der Waals surface area contributed by atoms with E-state index in [1.54, 1.807) is 21.3 Å². The number of methoxy groups -OCH3 is 3.